The molecule has 10 nitrogen and oxygen atoms in total. The standard InChI is InChI=1S/C42H82NO9P/c1-5-7-9-11-13-15-17-19-20-22-24-26-28-30-32-34-42(46)52-40(38-51-53(47,48)50-36-35-43(3,4)39-44)37-49-41(45)33-31-29-27-25-23-21-18-16-14-12-10-8-6-2/h19-20,40,44H,5-18,21-39H2,1-4H3/p+1/b20-19+/t40-/m1/s1. The molecule has 0 aliphatic carbocycles. The normalized spacial score (nSPS) is 13.7. The van der Waals surface area contributed by atoms with Crippen LogP contribution in [-0.2, 0) is 32.7 Å². The van der Waals surface area contributed by atoms with Crippen molar-refractivity contribution in [2.45, 2.75) is 200 Å². The minimum Gasteiger partial charge on any atom is -0.462 e. The molecule has 0 rings (SSSR count). The summed E-state index contributed by atoms with van der Waals surface area (Å²) in [5.74, 6) is -0.849. The number of aliphatic hydroxyl groups is 1. The predicted octanol–water partition coefficient (Wildman–Crippen LogP) is 11.1. The van der Waals surface area contributed by atoms with E-state index in [0.717, 1.165) is 51.4 Å². The molecule has 0 saturated heterocycles. The Morgan fingerprint density at radius 1 is 0.604 bits per heavy atom. The minimum atomic E-state index is -4.46. The van der Waals surface area contributed by atoms with Gasteiger partial charge >= 0.3 is 19.8 Å². The number of ether oxygens (including phenoxy) is 2. The molecule has 0 aromatic rings. The highest BCUT2D eigenvalue weighted by Gasteiger charge is 2.27. The van der Waals surface area contributed by atoms with Crippen molar-refractivity contribution in [3.63, 3.8) is 0 Å². The predicted molar refractivity (Wildman–Crippen MR) is 216 cm³/mol. The highest BCUT2D eigenvalue weighted by atomic mass is 31.2. The first-order chi connectivity index (χ1) is 25.5. The van der Waals surface area contributed by atoms with Gasteiger partial charge in [0, 0.05) is 12.8 Å². The zero-order valence-electron chi connectivity index (χ0n) is 34.7. The Labute approximate surface area is 325 Å². The van der Waals surface area contributed by atoms with Gasteiger partial charge in [-0.15, -0.1) is 0 Å². The van der Waals surface area contributed by atoms with Crippen LogP contribution in [0, 0.1) is 0 Å². The van der Waals surface area contributed by atoms with Crippen LogP contribution in [0.3, 0.4) is 0 Å². The molecule has 0 aromatic heterocycles. The first kappa shape index (κ1) is 51.7. The molecule has 1 unspecified atom stereocenters. The second kappa shape index (κ2) is 36.4. The summed E-state index contributed by atoms with van der Waals surface area (Å²) >= 11 is 0. The molecule has 0 radical (unpaired) electrons. The van der Waals surface area contributed by atoms with Crippen molar-refractivity contribution >= 4 is 19.8 Å². The lowest BCUT2D eigenvalue weighted by molar-refractivity contribution is -0.908. The SMILES string of the molecule is CCCCCCCC/C=C/CCCCCCCC(=O)O[C@H](COC(=O)CCCCCCCCCCCCCCC)COP(=O)(O)OCC[N+](C)(C)CO. The van der Waals surface area contributed by atoms with Crippen LogP contribution in [0.2, 0.25) is 0 Å². The zero-order chi connectivity index (χ0) is 39.3. The largest absolute Gasteiger partial charge is 0.472 e. The Bertz CT molecular complexity index is 930. The second-order valence-corrected chi connectivity index (χ2v) is 17.0. The second-order valence-electron chi connectivity index (χ2n) is 15.5. The molecule has 0 aromatic carbocycles. The van der Waals surface area contributed by atoms with Crippen molar-refractivity contribution in [1.29, 1.82) is 0 Å². The zero-order valence-corrected chi connectivity index (χ0v) is 35.6. The Morgan fingerprint density at radius 3 is 1.47 bits per heavy atom. The summed E-state index contributed by atoms with van der Waals surface area (Å²) in [6.07, 6.45) is 35.0. The smallest absolute Gasteiger partial charge is 0.462 e. The first-order valence-electron chi connectivity index (χ1n) is 21.6. The van der Waals surface area contributed by atoms with Gasteiger partial charge in [-0.2, -0.15) is 0 Å². The third kappa shape index (κ3) is 37.4. The van der Waals surface area contributed by atoms with Gasteiger partial charge in [0.1, 0.15) is 19.8 Å². The molecule has 53 heavy (non-hydrogen) atoms. The van der Waals surface area contributed by atoms with Crippen molar-refractivity contribution in [2.24, 2.45) is 0 Å². The first-order valence-corrected chi connectivity index (χ1v) is 23.1. The van der Waals surface area contributed by atoms with E-state index in [1.165, 1.54) is 109 Å². The molecule has 0 saturated carbocycles. The Hall–Kier alpha value is -1.29. The number of aliphatic hydroxyl groups excluding tert-OH is 1. The highest BCUT2D eigenvalue weighted by Crippen LogP contribution is 2.43. The van der Waals surface area contributed by atoms with E-state index < -0.39 is 26.5 Å². The van der Waals surface area contributed by atoms with Crippen molar-refractivity contribution in [2.75, 3.05) is 47.2 Å². The average Bonchev–Trinajstić information content (AvgIpc) is 3.12. The van der Waals surface area contributed by atoms with Gasteiger partial charge in [0.25, 0.3) is 0 Å². The third-order valence-electron chi connectivity index (χ3n) is 9.61. The van der Waals surface area contributed by atoms with Gasteiger partial charge in [-0.05, 0) is 38.5 Å². The maximum absolute atomic E-state index is 12.7. The Morgan fingerprint density at radius 2 is 1.02 bits per heavy atom. The lowest BCUT2D eigenvalue weighted by atomic mass is 10.0. The van der Waals surface area contributed by atoms with E-state index >= 15 is 0 Å². The molecule has 0 aliphatic heterocycles. The van der Waals surface area contributed by atoms with Gasteiger partial charge in [-0.3, -0.25) is 18.6 Å². The highest BCUT2D eigenvalue weighted by molar-refractivity contribution is 7.47. The van der Waals surface area contributed by atoms with Crippen molar-refractivity contribution < 1.29 is 47.2 Å². The molecule has 0 fully saturated rings. The Kier molecular flexibility index (Phi) is 35.5. The number of carbonyl (C=O) groups excluding carboxylic acids is 2. The number of phosphoric acid groups is 1. The van der Waals surface area contributed by atoms with E-state index in [-0.39, 0.29) is 49.8 Å². The van der Waals surface area contributed by atoms with Crippen molar-refractivity contribution in [1.82, 2.24) is 0 Å². The van der Waals surface area contributed by atoms with Gasteiger partial charge in [-0.1, -0.05) is 154 Å². The van der Waals surface area contributed by atoms with E-state index in [1.54, 1.807) is 14.1 Å². The minimum absolute atomic E-state index is 0.116. The maximum atomic E-state index is 12.7. The number of phosphoric ester groups is 1. The molecule has 2 N–H and O–H groups in total. The maximum Gasteiger partial charge on any atom is 0.472 e. The van der Waals surface area contributed by atoms with E-state index in [9.17, 15) is 24.2 Å². The van der Waals surface area contributed by atoms with Gasteiger partial charge in [-0.25, -0.2) is 4.57 Å². The number of hydrogen-bond acceptors (Lipinski definition) is 8. The van der Waals surface area contributed by atoms with Gasteiger partial charge < -0.3 is 24.0 Å². The fourth-order valence-corrected chi connectivity index (χ4v) is 6.68. The number of allylic oxidation sites excluding steroid dienone is 2. The molecular weight excluding hydrogens is 693 g/mol. The average molecular weight is 777 g/mol. The number of esters is 2. The van der Waals surface area contributed by atoms with Crippen LogP contribution in [0.1, 0.15) is 194 Å². The van der Waals surface area contributed by atoms with Crippen LogP contribution in [-0.4, -0.2) is 79.7 Å². The Balaban J connectivity index is 4.43. The number of quaternary nitrogens is 1. The molecule has 0 heterocycles. The van der Waals surface area contributed by atoms with Gasteiger partial charge in [0.2, 0.25) is 0 Å². The number of unbranched alkanes of at least 4 members (excludes halogenated alkanes) is 23. The molecule has 0 amide bonds. The lowest BCUT2D eigenvalue weighted by Crippen LogP contribution is -2.42. The quantitative estimate of drug-likeness (QED) is 0.0156. The van der Waals surface area contributed by atoms with Crippen LogP contribution in [0.5, 0.6) is 0 Å². The topological polar surface area (TPSA) is 129 Å². The van der Waals surface area contributed by atoms with Crippen molar-refractivity contribution in [3.8, 4) is 0 Å². The summed E-state index contributed by atoms with van der Waals surface area (Å²) in [5, 5.41) is 9.39. The number of nitrogens with zero attached hydrogens (tertiary/aromatic N) is 1. The van der Waals surface area contributed by atoms with Crippen molar-refractivity contribution in [3.05, 3.63) is 12.2 Å². The molecular formula is C42H83NO9P+. The number of likely N-dealkylation sites (N-methyl/N-ethyl adjacent to an activating group) is 1. The third-order valence-corrected chi connectivity index (χ3v) is 10.6. The summed E-state index contributed by atoms with van der Waals surface area (Å²) in [6.45, 7) is 3.80. The van der Waals surface area contributed by atoms with E-state index in [4.69, 9.17) is 18.5 Å². The summed E-state index contributed by atoms with van der Waals surface area (Å²) in [6, 6.07) is 0. The monoisotopic (exact) mass is 777 g/mol. The fraction of sp³-hybridized carbons (Fsp3) is 0.905. The lowest BCUT2D eigenvalue weighted by Gasteiger charge is -2.27. The van der Waals surface area contributed by atoms with E-state index in [2.05, 4.69) is 26.0 Å². The van der Waals surface area contributed by atoms with Gasteiger partial charge in [0.05, 0.1) is 20.7 Å². The summed E-state index contributed by atoms with van der Waals surface area (Å²) < 4.78 is 33.8. The van der Waals surface area contributed by atoms with E-state index in [1.807, 2.05) is 0 Å². The number of carbonyl (C=O) groups is 2. The van der Waals surface area contributed by atoms with Gasteiger partial charge in [0.15, 0.2) is 12.8 Å². The molecule has 0 spiro atoms. The molecule has 11 heteroatoms. The molecule has 2 atom stereocenters. The van der Waals surface area contributed by atoms with Crippen LogP contribution >= 0.6 is 7.82 Å². The van der Waals surface area contributed by atoms with Crippen LogP contribution in [0.25, 0.3) is 0 Å². The molecule has 314 valence electrons. The van der Waals surface area contributed by atoms with E-state index in [0.29, 0.717) is 6.42 Å². The van der Waals surface area contributed by atoms with Crippen LogP contribution in [0.4, 0.5) is 0 Å². The number of hydrogen-bond donors (Lipinski definition) is 2. The summed E-state index contributed by atoms with van der Waals surface area (Å²) in [7, 11) is -0.951. The summed E-state index contributed by atoms with van der Waals surface area (Å²) in [4.78, 5) is 35.3. The molecule has 0 aliphatic rings. The molecule has 0 bridgehead atoms. The summed E-state index contributed by atoms with van der Waals surface area (Å²) in [5.41, 5.74) is 0. The van der Waals surface area contributed by atoms with Crippen LogP contribution < -0.4 is 0 Å². The number of rotatable bonds is 40. The fourth-order valence-electron chi connectivity index (χ4n) is 5.93. The van der Waals surface area contributed by atoms with Crippen LogP contribution in [0.15, 0.2) is 12.2 Å².